The Morgan fingerprint density at radius 3 is 2.83 bits per heavy atom. The minimum absolute atomic E-state index is 0.726. The van der Waals surface area contributed by atoms with Gasteiger partial charge in [0.05, 0.1) is 5.52 Å². The maximum Gasteiger partial charge on any atom is 0.170 e. The summed E-state index contributed by atoms with van der Waals surface area (Å²) in [6.07, 6.45) is 0. The van der Waals surface area contributed by atoms with Gasteiger partial charge in [-0.05, 0) is 30.3 Å². The van der Waals surface area contributed by atoms with Crippen molar-refractivity contribution in [1.29, 1.82) is 0 Å². The number of benzene rings is 2. The minimum Gasteiger partial charge on any atom is -0.454 e. The maximum atomic E-state index is 5.93. The normalized spacial score (nSPS) is 14.0. The summed E-state index contributed by atoms with van der Waals surface area (Å²) < 4.78 is 5.93. The smallest absolute Gasteiger partial charge is 0.170 e. The van der Waals surface area contributed by atoms with Gasteiger partial charge in [0.15, 0.2) is 11.6 Å². The Balaban J connectivity index is 1.69. The summed E-state index contributed by atoms with van der Waals surface area (Å²) in [6.45, 7) is 0. The van der Waals surface area contributed by atoms with E-state index >= 15 is 0 Å². The molecule has 0 fully saturated rings. The molecule has 1 aliphatic heterocycles. The lowest BCUT2D eigenvalue weighted by molar-refractivity contribution is 0.577. The highest BCUT2D eigenvalue weighted by atomic mass is 16.3. The third kappa shape index (κ3) is 1.87. The number of hydrazone groups is 1. The zero-order chi connectivity index (χ0) is 15.2. The molecule has 0 unspecified atom stereocenters. The highest BCUT2D eigenvalue weighted by Gasteiger charge is 2.15. The second-order valence-electron chi connectivity index (χ2n) is 5.30. The van der Waals surface area contributed by atoms with E-state index in [1.807, 2.05) is 48.5 Å². The molecule has 3 heterocycles. The Labute approximate surface area is 130 Å². The summed E-state index contributed by atoms with van der Waals surface area (Å²) in [7, 11) is 0. The molecule has 23 heavy (non-hydrogen) atoms. The molecule has 0 radical (unpaired) electrons. The molecule has 2 aromatic carbocycles. The van der Waals surface area contributed by atoms with Gasteiger partial charge < -0.3 is 4.42 Å². The van der Waals surface area contributed by atoms with E-state index in [4.69, 9.17) is 4.42 Å². The molecular weight excluding hydrogens is 292 g/mol. The van der Waals surface area contributed by atoms with Crippen molar-refractivity contribution < 1.29 is 4.42 Å². The van der Waals surface area contributed by atoms with Crippen LogP contribution in [0.25, 0.3) is 33.3 Å². The van der Waals surface area contributed by atoms with Gasteiger partial charge in [-0.2, -0.15) is 5.10 Å². The molecule has 0 saturated carbocycles. The van der Waals surface area contributed by atoms with Crippen LogP contribution in [0.5, 0.6) is 0 Å². The van der Waals surface area contributed by atoms with Gasteiger partial charge in [-0.1, -0.05) is 18.2 Å². The van der Waals surface area contributed by atoms with Crippen molar-refractivity contribution in [2.45, 2.75) is 0 Å². The van der Waals surface area contributed by atoms with Crippen molar-refractivity contribution in [3.8, 4) is 11.5 Å². The number of hydrogen-bond acceptors (Lipinski definition) is 6. The average molecular weight is 304 g/mol. The molecule has 7 heteroatoms. The highest BCUT2D eigenvalue weighted by Crippen LogP contribution is 2.31. The summed E-state index contributed by atoms with van der Waals surface area (Å²) in [5.74, 6) is 1.47. The fourth-order valence-electron chi connectivity index (χ4n) is 2.78. The van der Waals surface area contributed by atoms with Crippen LogP contribution >= 0.6 is 0 Å². The number of fused-ring (bicyclic) bond motifs is 2. The van der Waals surface area contributed by atoms with Gasteiger partial charge in [-0.15, -0.1) is 10.6 Å². The monoisotopic (exact) mass is 304 g/mol. The number of para-hydroxylation sites is 1. The lowest BCUT2D eigenvalue weighted by Crippen LogP contribution is -2.35. The average Bonchev–Trinajstić information content (AvgIpc) is 3.32. The van der Waals surface area contributed by atoms with Crippen LogP contribution in [0.1, 0.15) is 5.56 Å². The molecule has 1 aliphatic rings. The van der Waals surface area contributed by atoms with Gasteiger partial charge in [-0.3, -0.25) is 10.5 Å². The first-order chi connectivity index (χ1) is 11.4. The summed E-state index contributed by atoms with van der Waals surface area (Å²) in [5.41, 5.74) is 11.9. The molecule has 0 aliphatic carbocycles. The standard InChI is InChI=1S/C16H12N6O/c1-2-4-13-9(3-1)8-14(23-13)15-11-7-10(16-19-21-22-20-16)5-6-12(11)17-18-15/h1-8,21-22H,(H,17,18)(H,19,20). The maximum absolute atomic E-state index is 5.93. The number of amidine groups is 1. The Morgan fingerprint density at radius 2 is 1.96 bits per heavy atom. The van der Waals surface area contributed by atoms with E-state index in [9.17, 15) is 0 Å². The van der Waals surface area contributed by atoms with Crippen LogP contribution in [0.3, 0.4) is 0 Å². The zero-order valence-corrected chi connectivity index (χ0v) is 11.9. The molecule has 5 rings (SSSR count). The molecule has 0 amide bonds. The van der Waals surface area contributed by atoms with Crippen LogP contribution in [0.4, 0.5) is 0 Å². The van der Waals surface area contributed by atoms with Gasteiger partial charge in [0.2, 0.25) is 0 Å². The van der Waals surface area contributed by atoms with Gasteiger partial charge in [-0.25, -0.2) is 5.53 Å². The topological polar surface area (TPSA) is 90.3 Å². The molecule has 4 aromatic rings. The number of H-pyrrole nitrogens is 1. The SMILES string of the molecule is c1ccc2oc(-c3n[nH]c4ccc(C5=NNNN5)cc34)cc2c1. The van der Waals surface area contributed by atoms with E-state index in [-0.39, 0.29) is 0 Å². The Morgan fingerprint density at radius 1 is 1.00 bits per heavy atom. The van der Waals surface area contributed by atoms with Crippen LogP contribution in [0, 0.1) is 0 Å². The summed E-state index contributed by atoms with van der Waals surface area (Å²) >= 11 is 0. The van der Waals surface area contributed by atoms with Crippen LogP contribution in [0.15, 0.2) is 58.0 Å². The molecule has 0 atom stereocenters. The predicted molar refractivity (Wildman–Crippen MR) is 87.2 cm³/mol. The van der Waals surface area contributed by atoms with Crippen LogP contribution in [-0.4, -0.2) is 16.0 Å². The zero-order valence-electron chi connectivity index (χ0n) is 11.9. The van der Waals surface area contributed by atoms with E-state index in [0.717, 1.165) is 44.7 Å². The second-order valence-corrected chi connectivity index (χ2v) is 5.30. The van der Waals surface area contributed by atoms with Crippen LogP contribution in [0.2, 0.25) is 0 Å². The molecule has 7 nitrogen and oxygen atoms in total. The number of nitrogens with one attached hydrogen (secondary N) is 4. The van der Waals surface area contributed by atoms with Crippen molar-refractivity contribution in [2.24, 2.45) is 5.10 Å². The minimum atomic E-state index is 0.726. The van der Waals surface area contributed by atoms with Crippen LogP contribution in [-0.2, 0) is 0 Å². The summed E-state index contributed by atoms with van der Waals surface area (Å²) in [5, 5.41) is 13.6. The first-order valence-electron chi connectivity index (χ1n) is 7.20. The third-order valence-corrected chi connectivity index (χ3v) is 3.90. The largest absolute Gasteiger partial charge is 0.454 e. The van der Waals surface area contributed by atoms with Crippen molar-refractivity contribution >= 4 is 27.7 Å². The van der Waals surface area contributed by atoms with Gasteiger partial charge in [0.1, 0.15) is 11.3 Å². The number of aromatic amines is 1. The molecule has 4 N–H and O–H groups in total. The number of aromatic nitrogens is 2. The second kappa shape index (κ2) is 4.59. The predicted octanol–water partition coefficient (Wildman–Crippen LogP) is 2.25. The van der Waals surface area contributed by atoms with Crippen LogP contribution < -0.4 is 16.5 Å². The number of hydrogen-bond donors (Lipinski definition) is 4. The first-order valence-corrected chi connectivity index (χ1v) is 7.20. The molecular formula is C16H12N6O. The lowest BCUT2D eigenvalue weighted by Gasteiger charge is -2.01. The molecule has 2 aromatic heterocycles. The van der Waals surface area contributed by atoms with Gasteiger partial charge >= 0.3 is 0 Å². The fraction of sp³-hybridized carbons (Fsp3) is 0. The first kappa shape index (κ1) is 12.2. The summed E-state index contributed by atoms with van der Waals surface area (Å²) in [4.78, 5) is 0. The van der Waals surface area contributed by atoms with Gasteiger partial charge in [0.25, 0.3) is 0 Å². The van der Waals surface area contributed by atoms with E-state index in [1.54, 1.807) is 0 Å². The lowest BCUT2D eigenvalue weighted by atomic mass is 10.1. The molecule has 112 valence electrons. The number of rotatable bonds is 2. The van der Waals surface area contributed by atoms with Crippen molar-refractivity contribution in [2.75, 3.05) is 0 Å². The number of hydrazine groups is 2. The molecule has 0 bridgehead atoms. The molecule has 0 saturated heterocycles. The quantitative estimate of drug-likeness (QED) is 0.456. The van der Waals surface area contributed by atoms with E-state index in [0.29, 0.717) is 0 Å². The summed E-state index contributed by atoms with van der Waals surface area (Å²) in [6, 6.07) is 15.9. The Kier molecular flexibility index (Phi) is 2.44. The Hall–Kier alpha value is -3.32. The third-order valence-electron chi connectivity index (χ3n) is 3.90. The van der Waals surface area contributed by atoms with Crippen molar-refractivity contribution in [3.63, 3.8) is 0 Å². The Bertz CT molecular complexity index is 1030. The van der Waals surface area contributed by atoms with Gasteiger partial charge in [0, 0.05) is 16.3 Å². The number of furan rings is 1. The fourth-order valence-corrected chi connectivity index (χ4v) is 2.78. The van der Waals surface area contributed by atoms with Crippen molar-refractivity contribution in [1.82, 2.24) is 26.7 Å². The van der Waals surface area contributed by atoms with E-state index in [1.165, 1.54) is 0 Å². The van der Waals surface area contributed by atoms with E-state index in [2.05, 4.69) is 31.8 Å². The molecule has 0 spiro atoms. The highest BCUT2D eigenvalue weighted by molar-refractivity contribution is 6.04. The van der Waals surface area contributed by atoms with E-state index < -0.39 is 0 Å². The van der Waals surface area contributed by atoms with Crippen molar-refractivity contribution in [3.05, 3.63) is 54.1 Å². The number of nitrogens with zero attached hydrogens (tertiary/aromatic N) is 2.